The van der Waals surface area contributed by atoms with E-state index >= 15 is 4.79 Å². The number of carboxylic acid groups (broad SMARTS) is 1. The van der Waals surface area contributed by atoms with Crippen LogP contribution in [0.3, 0.4) is 0 Å². The van der Waals surface area contributed by atoms with Crippen LogP contribution in [-0.2, 0) is 24.6 Å². The number of rotatable bonds is 9. The van der Waals surface area contributed by atoms with Crippen LogP contribution >= 0.6 is 11.6 Å². The Morgan fingerprint density at radius 3 is 2.31 bits per heavy atom. The smallest absolute Gasteiger partial charge is 0.335 e. The highest BCUT2D eigenvalue weighted by Gasteiger charge is 2.70. The fraction of sp³-hybridized carbons (Fsp3) is 0.244. The van der Waals surface area contributed by atoms with Crippen LogP contribution in [0.15, 0.2) is 109 Å². The van der Waals surface area contributed by atoms with Gasteiger partial charge in [0.05, 0.1) is 46.7 Å². The highest BCUT2D eigenvalue weighted by Crippen LogP contribution is 2.64. The Kier molecular flexibility index (Phi) is 8.82. The summed E-state index contributed by atoms with van der Waals surface area (Å²) in [6.45, 7) is -0.129. The predicted octanol–water partition coefficient (Wildman–Crippen LogP) is 5.74. The van der Waals surface area contributed by atoms with Crippen LogP contribution in [0.4, 0.5) is 15.8 Å². The van der Waals surface area contributed by atoms with Crippen molar-refractivity contribution < 1.29 is 43.3 Å². The van der Waals surface area contributed by atoms with E-state index < -0.39 is 70.4 Å². The van der Waals surface area contributed by atoms with Gasteiger partial charge in [0.25, 0.3) is 11.8 Å². The monoisotopic (exact) mass is 749 g/mol. The first-order valence-electron chi connectivity index (χ1n) is 17.5. The highest BCUT2D eigenvalue weighted by molar-refractivity contribution is 6.30. The summed E-state index contributed by atoms with van der Waals surface area (Å²) >= 11 is 6.36. The van der Waals surface area contributed by atoms with Gasteiger partial charge in [-0.15, -0.1) is 0 Å². The summed E-state index contributed by atoms with van der Waals surface area (Å²) in [5.41, 5.74) is 3.62. The molecule has 1 saturated carbocycles. The third-order valence-electron chi connectivity index (χ3n) is 11.2. The fourth-order valence-electron chi connectivity index (χ4n) is 8.98. The van der Waals surface area contributed by atoms with Gasteiger partial charge in [-0.25, -0.2) is 9.18 Å². The van der Waals surface area contributed by atoms with Crippen molar-refractivity contribution in [3.05, 3.63) is 136 Å². The van der Waals surface area contributed by atoms with Gasteiger partial charge in [-0.05, 0) is 96.6 Å². The molecular weight excluding hydrogens is 717 g/mol. The number of amides is 4. The molecule has 4 aromatic rings. The minimum absolute atomic E-state index is 0.0397. The molecule has 4 aliphatic rings. The molecule has 3 N–H and O–H groups in total. The second-order valence-corrected chi connectivity index (χ2v) is 14.3. The van der Waals surface area contributed by atoms with Crippen molar-refractivity contribution in [3.63, 3.8) is 0 Å². The Morgan fingerprint density at radius 2 is 1.63 bits per heavy atom. The lowest BCUT2D eigenvalue weighted by Crippen LogP contribution is -2.53. The minimum Gasteiger partial charge on any atom is -0.491 e. The normalized spacial score (nSPS) is 25.9. The average molecular weight is 750 g/mol. The number of imide groups is 2. The molecule has 13 heteroatoms. The molecule has 0 aromatic heterocycles. The lowest BCUT2D eigenvalue weighted by molar-refractivity contribution is -0.138. The number of hydrazine groups is 1. The maximum atomic E-state index is 15.2. The summed E-state index contributed by atoms with van der Waals surface area (Å²) in [5.74, 6) is -7.52. The van der Waals surface area contributed by atoms with Crippen LogP contribution in [0.1, 0.15) is 40.2 Å². The third kappa shape index (κ3) is 5.47. The number of aliphatic hydroxyl groups excluding tert-OH is 1. The van der Waals surface area contributed by atoms with E-state index in [-0.39, 0.29) is 37.3 Å². The first kappa shape index (κ1) is 35.2. The molecule has 4 amide bonds. The van der Waals surface area contributed by atoms with Crippen molar-refractivity contribution in [2.75, 3.05) is 23.5 Å². The number of hydrogen-bond donors (Lipinski definition) is 3. The molecule has 2 aliphatic heterocycles. The summed E-state index contributed by atoms with van der Waals surface area (Å²) < 4.78 is 19.5. The highest BCUT2D eigenvalue weighted by atomic mass is 35.5. The molecule has 4 aromatic carbocycles. The first-order valence-corrected chi connectivity index (χ1v) is 17.8. The number of carbonyl (C=O) groups is 5. The average Bonchev–Trinajstić information content (AvgIpc) is 3.56. The minimum atomic E-state index is -1.56. The SMILES string of the molecule is O=C(O)c1cccc(N2C(=O)[C@H]3[C@H](CC=C4[C@H]3C[C@H]3C(=O)N(Nc5ccc(F)cc5)C(=O)[C@@]3(c3ccc(Cl)cc3)[C@H]4c3ccc(OCCO)cc3)C2=O)c1. The molecule has 6 atom stereocenters. The zero-order valence-electron chi connectivity index (χ0n) is 28.5. The summed E-state index contributed by atoms with van der Waals surface area (Å²) in [7, 11) is 0. The van der Waals surface area contributed by atoms with E-state index in [9.17, 15) is 33.8 Å². The number of ether oxygens (including phenoxy) is 1. The largest absolute Gasteiger partial charge is 0.491 e. The molecule has 3 fully saturated rings. The van der Waals surface area contributed by atoms with Crippen LogP contribution < -0.4 is 15.1 Å². The van der Waals surface area contributed by atoms with Gasteiger partial charge in [0.2, 0.25) is 11.8 Å². The summed E-state index contributed by atoms with van der Waals surface area (Å²) in [5, 5.41) is 20.3. The lowest BCUT2D eigenvalue weighted by Gasteiger charge is -2.50. The van der Waals surface area contributed by atoms with Crippen molar-refractivity contribution in [2.24, 2.45) is 23.7 Å². The first-order chi connectivity index (χ1) is 26.0. The van der Waals surface area contributed by atoms with E-state index in [0.29, 0.717) is 27.6 Å². The van der Waals surface area contributed by atoms with Crippen LogP contribution in [0, 0.1) is 29.5 Å². The van der Waals surface area contributed by atoms with Crippen molar-refractivity contribution in [3.8, 4) is 5.75 Å². The Balaban J connectivity index is 1.29. The van der Waals surface area contributed by atoms with Gasteiger partial charge in [-0.3, -0.25) is 29.5 Å². The zero-order chi connectivity index (χ0) is 37.9. The van der Waals surface area contributed by atoms with Crippen molar-refractivity contribution in [2.45, 2.75) is 24.2 Å². The number of anilines is 2. The van der Waals surface area contributed by atoms with Crippen LogP contribution in [0.2, 0.25) is 5.02 Å². The van der Waals surface area contributed by atoms with Crippen LogP contribution in [0.5, 0.6) is 5.75 Å². The molecule has 2 heterocycles. The van der Waals surface area contributed by atoms with E-state index in [0.717, 1.165) is 15.5 Å². The molecule has 2 aliphatic carbocycles. The third-order valence-corrected chi connectivity index (χ3v) is 11.4. The van der Waals surface area contributed by atoms with Gasteiger partial charge in [0.1, 0.15) is 18.2 Å². The molecule has 54 heavy (non-hydrogen) atoms. The van der Waals surface area contributed by atoms with E-state index in [1.807, 2.05) is 6.08 Å². The number of fused-ring (bicyclic) bond motifs is 4. The second-order valence-electron chi connectivity index (χ2n) is 13.9. The van der Waals surface area contributed by atoms with Gasteiger partial charge in [-0.1, -0.05) is 53.6 Å². The molecule has 2 saturated heterocycles. The Hall–Kier alpha value is -5.85. The molecule has 274 valence electrons. The number of aliphatic hydroxyl groups is 1. The quantitative estimate of drug-likeness (QED) is 0.144. The summed E-state index contributed by atoms with van der Waals surface area (Å²) in [6, 6.07) is 24.7. The van der Waals surface area contributed by atoms with Crippen LogP contribution in [0.25, 0.3) is 0 Å². The van der Waals surface area contributed by atoms with E-state index in [1.165, 1.54) is 48.5 Å². The van der Waals surface area contributed by atoms with Gasteiger partial charge in [-0.2, -0.15) is 5.01 Å². The van der Waals surface area contributed by atoms with Crippen molar-refractivity contribution in [1.82, 2.24) is 5.01 Å². The molecule has 0 spiro atoms. The van der Waals surface area contributed by atoms with E-state index in [2.05, 4.69) is 5.43 Å². The van der Waals surface area contributed by atoms with Gasteiger partial charge >= 0.3 is 5.97 Å². The molecular formula is C41H33ClFN3O8. The molecule has 0 bridgehead atoms. The number of carbonyl (C=O) groups excluding carboxylic acids is 4. The summed E-state index contributed by atoms with van der Waals surface area (Å²) in [4.78, 5) is 71.4. The topological polar surface area (TPSA) is 154 Å². The number of halogens is 2. The van der Waals surface area contributed by atoms with E-state index in [4.69, 9.17) is 16.3 Å². The standard InChI is InChI=1S/C41H33ClFN3O8/c42-25-8-6-24(7-9-25)41-33(37(49)46(40(41)53)44-27-12-10-26(43)11-13-27)21-32-30(35(41)22-4-14-29(15-5-22)54-19-18-47)16-17-31-34(32)38(50)45(36(31)48)28-3-1-2-23(20-28)39(51)52/h1-16,20,31-35,44,47H,17-19,21H2,(H,51,52)/t31-,32+,33-,34-,35-,41+/m0/s1. The zero-order valence-corrected chi connectivity index (χ0v) is 29.3. The maximum absolute atomic E-state index is 15.2. The predicted molar refractivity (Wildman–Crippen MR) is 194 cm³/mol. The number of carboxylic acids is 1. The van der Waals surface area contributed by atoms with Crippen molar-refractivity contribution in [1.29, 1.82) is 0 Å². The number of benzene rings is 4. The van der Waals surface area contributed by atoms with Gasteiger partial charge < -0.3 is 14.9 Å². The number of nitrogens with zero attached hydrogens (tertiary/aromatic N) is 2. The molecule has 0 radical (unpaired) electrons. The molecule has 8 rings (SSSR count). The van der Waals surface area contributed by atoms with E-state index in [1.54, 1.807) is 48.5 Å². The maximum Gasteiger partial charge on any atom is 0.335 e. The summed E-state index contributed by atoms with van der Waals surface area (Å²) in [6.07, 6.45) is 2.13. The van der Waals surface area contributed by atoms with Gasteiger partial charge in [0.15, 0.2) is 0 Å². The number of nitrogens with one attached hydrogen (secondary N) is 1. The Morgan fingerprint density at radius 1 is 0.907 bits per heavy atom. The Bertz CT molecular complexity index is 2230. The van der Waals surface area contributed by atoms with Crippen LogP contribution in [-0.4, -0.2) is 58.0 Å². The van der Waals surface area contributed by atoms with Crippen molar-refractivity contribution >= 4 is 52.6 Å². The van der Waals surface area contributed by atoms with Gasteiger partial charge in [0, 0.05) is 10.9 Å². The second kappa shape index (κ2) is 13.5. The fourth-order valence-corrected chi connectivity index (χ4v) is 9.11. The molecule has 11 nitrogen and oxygen atoms in total. The number of aromatic carboxylic acids is 1. The lowest BCUT2D eigenvalue weighted by atomic mass is 9.49. The number of allylic oxidation sites excluding steroid dienone is 2. The Labute approximate surface area is 313 Å². The molecule has 0 unspecified atom stereocenters. The number of hydrogen-bond acceptors (Lipinski definition) is 8.